The summed E-state index contributed by atoms with van der Waals surface area (Å²) in [6.07, 6.45) is 4.92. The van der Waals surface area contributed by atoms with E-state index in [1.165, 1.54) is 0 Å². The van der Waals surface area contributed by atoms with Crippen molar-refractivity contribution in [3.05, 3.63) is 11.6 Å². The third-order valence-corrected chi connectivity index (χ3v) is 7.22. The molecule has 2 saturated heterocycles. The van der Waals surface area contributed by atoms with E-state index >= 15 is 0 Å². The second kappa shape index (κ2) is 4.57. The lowest BCUT2D eigenvalue weighted by Gasteiger charge is -2.52. The van der Waals surface area contributed by atoms with Crippen molar-refractivity contribution in [1.29, 1.82) is 0 Å². The molecule has 2 aliphatic carbocycles. The van der Waals surface area contributed by atoms with Gasteiger partial charge in [-0.15, -0.1) is 0 Å². The Labute approximate surface area is 140 Å². The molecule has 0 radical (unpaired) electrons. The summed E-state index contributed by atoms with van der Waals surface area (Å²) in [5.74, 6) is -1.01. The molecule has 5 heteroatoms. The van der Waals surface area contributed by atoms with Crippen LogP contribution in [0, 0.1) is 35.5 Å². The van der Waals surface area contributed by atoms with Crippen molar-refractivity contribution in [2.45, 2.75) is 51.2 Å². The standard InChI is InChI=1S/C19H22O5/c1-8(2)10-5-6-12(20)15-11(10)4-3-9-7-13-14-16(19(9,15)24-13)18(22)23-17(14)21/h7-8,10-11,13-16H,3-6H2,1-2H3/t10-,11-,13-,14-,15-,16+,19-/m0/s1. The first-order valence-electron chi connectivity index (χ1n) is 9.12. The van der Waals surface area contributed by atoms with Crippen LogP contribution in [0.1, 0.15) is 39.5 Å². The quantitative estimate of drug-likeness (QED) is 0.418. The molecular formula is C19H22O5. The first-order valence-corrected chi connectivity index (χ1v) is 9.12. The van der Waals surface area contributed by atoms with E-state index in [1.54, 1.807) is 0 Å². The molecule has 2 saturated carbocycles. The molecule has 0 aromatic heterocycles. The van der Waals surface area contributed by atoms with Gasteiger partial charge >= 0.3 is 11.9 Å². The Hall–Kier alpha value is -1.49. The summed E-state index contributed by atoms with van der Waals surface area (Å²) in [7, 11) is 0. The summed E-state index contributed by atoms with van der Waals surface area (Å²) in [5, 5.41) is 0. The maximum Gasteiger partial charge on any atom is 0.320 e. The molecule has 0 aromatic rings. The van der Waals surface area contributed by atoms with Crippen LogP contribution in [-0.4, -0.2) is 29.4 Å². The Morgan fingerprint density at radius 2 is 1.88 bits per heavy atom. The molecule has 1 spiro atoms. The molecule has 5 nitrogen and oxygen atoms in total. The molecule has 0 amide bonds. The number of hydrogen-bond acceptors (Lipinski definition) is 5. The molecule has 0 N–H and O–H groups in total. The van der Waals surface area contributed by atoms with Gasteiger partial charge in [-0.25, -0.2) is 0 Å². The molecule has 24 heavy (non-hydrogen) atoms. The first kappa shape index (κ1) is 14.8. The van der Waals surface area contributed by atoms with Gasteiger partial charge < -0.3 is 9.47 Å². The molecule has 0 unspecified atom stereocenters. The fourth-order valence-electron chi connectivity index (χ4n) is 6.39. The number of cyclic esters (lactones) is 2. The molecule has 0 aromatic carbocycles. The Balaban J connectivity index is 1.65. The van der Waals surface area contributed by atoms with Crippen molar-refractivity contribution in [1.82, 2.24) is 0 Å². The van der Waals surface area contributed by atoms with E-state index in [0.29, 0.717) is 18.3 Å². The number of ketones is 1. The smallest absolute Gasteiger partial charge is 0.320 e. The molecule has 3 aliphatic heterocycles. The SMILES string of the molecule is CC(C)[C@@H]1CCC(=O)[C@@H]2[C@H]1CCC1=C[C@@H]3O[C@@]12[C@H]1C(=O)OC(=O)[C@@H]31. The number of Topliss-reactive ketones (excluding diaryl/α,β-unsaturated/α-hetero) is 1. The van der Waals surface area contributed by atoms with Crippen molar-refractivity contribution in [3.63, 3.8) is 0 Å². The van der Waals surface area contributed by atoms with Crippen molar-refractivity contribution in [3.8, 4) is 0 Å². The van der Waals surface area contributed by atoms with Crippen molar-refractivity contribution >= 4 is 17.7 Å². The molecule has 7 atom stereocenters. The van der Waals surface area contributed by atoms with E-state index < -0.39 is 35.5 Å². The first-order chi connectivity index (χ1) is 11.4. The number of carbonyl (C=O) groups is 3. The normalized spacial score (nSPS) is 49.0. The van der Waals surface area contributed by atoms with E-state index in [-0.39, 0.29) is 17.6 Å². The highest BCUT2D eigenvalue weighted by molar-refractivity contribution is 6.00. The van der Waals surface area contributed by atoms with Gasteiger partial charge in [0.2, 0.25) is 0 Å². The second-order valence-corrected chi connectivity index (χ2v) is 8.40. The summed E-state index contributed by atoms with van der Waals surface area (Å²) in [5.41, 5.74) is 0.172. The van der Waals surface area contributed by atoms with Crippen LogP contribution in [0.5, 0.6) is 0 Å². The predicted octanol–water partition coefficient (Wildman–Crippen LogP) is 2.04. The van der Waals surface area contributed by atoms with Crippen molar-refractivity contribution in [2.75, 3.05) is 0 Å². The molecule has 5 rings (SSSR count). The van der Waals surface area contributed by atoms with Gasteiger partial charge in [-0.1, -0.05) is 19.9 Å². The van der Waals surface area contributed by atoms with Crippen LogP contribution in [0.25, 0.3) is 0 Å². The minimum absolute atomic E-state index is 0.205. The maximum absolute atomic E-state index is 13.0. The van der Waals surface area contributed by atoms with Crippen LogP contribution >= 0.6 is 0 Å². The highest BCUT2D eigenvalue weighted by Crippen LogP contribution is 2.64. The van der Waals surface area contributed by atoms with Crippen LogP contribution in [0.3, 0.4) is 0 Å². The van der Waals surface area contributed by atoms with Crippen molar-refractivity contribution in [2.24, 2.45) is 35.5 Å². The second-order valence-electron chi connectivity index (χ2n) is 8.40. The van der Waals surface area contributed by atoms with Gasteiger partial charge in [-0.2, -0.15) is 0 Å². The molecule has 3 heterocycles. The molecule has 128 valence electrons. The zero-order valence-electron chi connectivity index (χ0n) is 14.0. The van der Waals surface area contributed by atoms with E-state index in [2.05, 4.69) is 13.8 Å². The average Bonchev–Trinajstić information content (AvgIpc) is 3.15. The van der Waals surface area contributed by atoms with Gasteiger partial charge in [0.15, 0.2) is 0 Å². The Morgan fingerprint density at radius 3 is 2.62 bits per heavy atom. The third-order valence-electron chi connectivity index (χ3n) is 7.22. The lowest BCUT2D eigenvalue weighted by Crippen LogP contribution is -2.58. The lowest BCUT2D eigenvalue weighted by atomic mass is 9.51. The maximum atomic E-state index is 13.0. The van der Waals surface area contributed by atoms with Crippen LogP contribution in [0.2, 0.25) is 0 Å². The zero-order valence-corrected chi connectivity index (χ0v) is 14.0. The fraction of sp³-hybridized carbons (Fsp3) is 0.737. The number of fused-ring (bicyclic) bond motifs is 4. The highest BCUT2D eigenvalue weighted by Gasteiger charge is 2.75. The summed E-state index contributed by atoms with van der Waals surface area (Å²) in [6.45, 7) is 4.42. The highest BCUT2D eigenvalue weighted by atomic mass is 16.6. The van der Waals surface area contributed by atoms with Gasteiger partial charge in [0.25, 0.3) is 0 Å². The van der Waals surface area contributed by atoms with Crippen LogP contribution < -0.4 is 0 Å². The summed E-state index contributed by atoms with van der Waals surface area (Å²) >= 11 is 0. The largest absolute Gasteiger partial charge is 0.393 e. The van der Waals surface area contributed by atoms with E-state index in [0.717, 1.165) is 24.8 Å². The third kappa shape index (κ3) is 1.53. The topological polar surface area (TPSA) is 69.7 Å². The van der Waals surface area contributed by atoms with Gasteiger partial charge in [0.05, 0.1) is 12.0 Å². The lowest BCUT2D eigenvalue weighted by molar-refractivity contribution is -0.166. The van der Waals surface area contributed by atoms with Gasteiger partial charge in [-0.05, 0) is 42.6 Å². The molecular weight excluding hydrogens is 308 g/mol. The zero-order chi connectivity index (χ0) is 16.8. The Morgan fingerprint density at radius 1 is 1.08 bits per heavy atom. The number of ether oxygens (including phenoxy) is 2. The summed E-state index contributed by atoms with van der Waals surface area (Å²) in [6, 6.07) is 0. The van der Waals surface area contributed by atoms with E-state index in [9.17, 15) is 14.4 Å². The average molecular weight is 330 g/mol. The summed E-state index contributed by atoms with van der Waals surface area (Å²) in [4.78, 5) is 37.5. The van der Waals surface area contributed by atoms with Gasteiger partial charge in [-0.3, -0.25) is 14.4 Å². The molecule has 5 aliphatic rings. The minimum atomic E-state index is -0.897. The Bertz CT molecular complexity index is 692. The number of rotatable bonds is 1. The van der Waals surface area contributed by atoms with E-state index in [1.807, 2.05) is 6.08 Å². The van der Waals surface area contributed by atoms with E-state index in [4.69, 9.17) is 9.47 Å². The van der Waals surface area contributed by atoms with Crippen LogP contribution in [0.4, 0.5) is 0 Å². The van der Waals surface area contributed by atoms with Gasteiger partial charge in [0, 0.05) is 6.42 Å². The monoisotopic (exact) mass is 330 g/mol. The van der Waals surface area contributed by atoms with Crippen LogP contribution in [0.15, 0.2) is 11.6 Å². The van der Waals surface area contributed by atoms with Crippen LogP contribution in [-0.2, 0) is 23.9 Å². The fourth-order valence-corrected chi connectivity index (χ4v) is 6.39. The summed E-state index contributed by atoms with van der Waals surface area (Å²) < 4.78 is 11.2. The molecule has 2 bridgehead atoms. The predicted molar refractivity (Wildman–Crippen MR) is 82.5 cm³/mol. The Kier molecular flexibility index (Phi) is 2.82. The number of esters is 2. The van der Waals surface area contributed by atoms with Gasteiger partial charge in [0.1, 0.15) is 23.2 Å². The number of hydrogen-bond donors (Lipinski definition) is 0. The molecule has 4 fully saturated rings. The number of carbonyl (C=O) groups excluding carboxylic acids is 3. The minimum Gasteiger partial charge on any atom is -0.393 e. The van der Waals surface area contributed by atoms with Crippen molar-refractivity contribution < 1.29 is 23.9 Å².